The van der Waals surface area contributed by atoms with Gasteiger partial charge < -0.3 is 4.74 Å². The molecular weight excluding hydrogens is 306 g/mol. The molecule has 0 atom stereocenters. The zero-order chi connectivity index (χ0) is 10.0. The molecule has 0 aromatic heterocycles. The Bertz CT molecular complexity index is 354. The summed E-state index contributed by atoms with van der Waals surface area (Å²) in [6.07, 6.45) is 0. The molecule has 0 amide bonds. The first-order valence-corrected chi connectivity index (χ1v) is 4.83. The highest BCUT2D eigenvalue weighted by molar-refractivity contribution is 9.11. The van der Waals surface area contributed by atoms with Crippen molar-refractivity contribution in [3.8, 4) is 5.75 Å². The van der Waals surface area contributed by atoms with Crippen molar-refractivity contribution < 1.29 is 9.66 Å². The van der Waals surface area contributed by atoms with Crippen molar-refractivity contribution in [3.63, 3.8) is 0 Å². The van der Waals surface area contributed by atoms with Crippen LogP contribution in [0.5, 0.6) is 5.75 Å². The Balaban J connectivity index is 3.35. The van der Waals surface area contributed by atoms with Gasteiger partial charge in [0.1, 0.15) is 4.47 Å². The first kappa shape index (κ1) is 10.5. The van der Waals surface area contributed by atoms with E-state index in [2.05, 4.69) is 31.9 Å². The number of halogens is 2. The van der Waals surface area contributed by atoms with Gasteiger partial charge in [-0.15, -0.1) is 0 Å². The fourth-order valence-corrected chi connectivity index (χ4v) is 2.26. The molecule has 0 saturated heterocycles. The lowest BCUT2D eigenvalue weighted by molar-refractivity contribution is -0.385. The number of nitro groups is 1. The van der Waals surface area contributed by atoms with Crippen LogP contribution < -0.4 is 4.74 Å². The number of methoxy groups -OCH3 is 1. The second-order valence-electron chi connectivity index (χ2n) is 2.17. The van der Waals surface area contributed by atoms with Gasteiger partial charge in [0, 0.05) is 6.07 Å². The molecule has 4 nitrogen and oxygen atoms in total. The van der Waals surface area contributed by atoms with Gasteiger partial charge in [-0.3, -0.25) is 10.1 Å². The monoisotopic (exact) mass is 309 g/mol. The van der Waals surface area contributed by atoms with Gasteiger partial charge >= 0.3 is 0 Å². The molecule has 0 aliphatic carbocycles. The summed E-state index contributed by atoms with van der Waals surface area (Å²) < 4.78 is 5.98. The van der Waals surface area contributed by atoms with Crippen LogP contribution in [0.25, 0.3) is 0 Å². The zero-order valence-electron chi connectivity index (χ0n) is 6.58. The quantitative estimate of drug-likeness (QED) is 0.623. The number of nitro benzene ring substituents is 1. The molecule has 0 bridgehead atoms. The summed E-state index contributed by atoms with van der Waals surface area (Å²) >= 11 is 6.31. The van der Waals surface area contributed by atoms with Gasteiger partial charge in [-0.1, -0.05) is 0 Å². The second kappa shape index (κ2) is 4.06. The van der Waals surface area contributed by atoms with Crippen molar-refractivity contribution in [2.24, 2.45) is 0 Å². The Hall–Kier alpha value is -0.620. The van der Waals surface area contributed by atoms with Gasteiger partial charge in [-0.25, -0.2) is 0 Å². The van der Waals surface area contributed by atoms with Crippen molar-refractivity contribution in [1.82, 2.24) is 0 Å². The first-order valence-electron chi connectivity index (χ1n) is 3.24. The fourth-order valence-electron chi connectivity index (χ4n) is 0.850. The number of nitrogens with zero attached hydrogens (tertiary/aromatic N) is 1. The number of hydrogen-bond donors (Lipinski definition) is 0. The Morgan fingerprint density at radius 1 is 1.46 bits per heavy atom. The molecular formula is C7H5Br2NO3. The Kier molecular flexibility index (Phi) is 3.27. The topological polar surface area (TPSA) is 52.4 Å². The van der Waals surface area contributed by atoms with Crippen LogP contribution in [0.15, 0.2) is 21.1 Å². The Morgan fingerprint density at radius 2 is 2.08 bits per heavy atom. The van der Waals surface area contributed by atoms with Crippen LogP contribution in [0.1, 0.15) is 0 Å². The normalized spacial score (nSPS) is 9.77. The van der Waals surface area contributed by atoms with E-state index >= 15 is 0 Å². The molecule has 1 aromatic rings. The maximum absolute atomic E-state index is 10.5. The zero-order valence-corrected chi connectivity index (χ0v) is 9.75. The molecule has 0 spiro atoms. The van der Waals surface area contributed by atoms with Crippen LogP contribution in [-0.2, 0) is 0 Å². The van der Waals surface area contributed by atoms with Crippen LogP contribution in [0, 0.1) is 10.1 Å². The molecule has 70 valence electrons. The first-order chi connectivity index (χ1) is 6.07. The second-order valence-corrected chi connectivity index (χ2v) is 3.82. The van der Waals surface area contributed by atoms with Crippen LogP contribution in [0.4, 0.5) is 5.69 Å². The highest BCUT2D eigenvalue weighted by Crippen LogP contribution is 2.39. The summed E-state index contributed by atoms with van der Waals surface area (Å²) in [5.41, 5.74) is -0.0138. The average Bonchev–Trinajstić information content (AvgIpc) is 2.04. The summed E-state index contributed by atoms with van der Waals surface area (Å²) in [4.78, 5) is 10.0. The SMILES string of the molecule is COc1c(Br)ccc([N+](=O)[O-])c1Br. The molecule has 0 N–H and O–H groups in total. The number of rotatable bonds is 2. The maximum atomic E-state index is 10.5. The van der Waals surface area contributed by atoms with E-state index in [4.69, 9.17) is 4.74 Å². The largest absolute Gasteiger partial charge is 0.494 e. The van der Waals surface area contributed by atoms with Crippen molar-refractivity contribution in [3.05, 3.63) is 31.2 Å². The third-order valence-corrected chi connectivity index (χ3v) is 2.82. The Labute approximate surface area is 91.3 Å². The van der Waals surface area contributed by atoms with E-state index < -0.39 is 4.92 Å². The summed E-state index contributed by atoms with van der Waals surface area (Å²) in [5, 5.41) is 10.5. The molecule has 13 heavy (non-hydrogen) atoms. The van der Waals surface area contributed by atoms with Gasteiger partial charge in [0.2, 0.25) is 0 Å². The standard InChI is InChI=1S/C7H5Br2NO3/c1-13-7-4(8)2-3-5(6(7)9)10(11)12/h2-3H,1H3. The summed E-state index contributed by atoms with van der Waals surface area (Å²) in [6.45, 7) is 0. The van der Waals surface area contributed by atoms with Crippen LogP contribution in [0.2, 0.25) is 0 Å². The predicted molar refractivity (Wildman–Crippen MR) is 55.0 cm³/mol. The van der Waals surface area contributed by atoms with Gasteiger partial charge in [-0.2, -0.15) is 0 Å². The van der Waals surface area contributed by atoms with Crippen molar-refractivity contribution in [1.29, 1.82) is 0 Å². The molecule has 0 aliphatic rings. The predicted octanol–water partition coefficient (Wildman–Crippen LogP) is 3.13. The minimum Gasteiger partial charge on any atom is -0.494 e. The molecule has 0 fully saturated rings. The molecule has 6 heteroatoms. The molecule has 1 aromatic carbocycles. The lowest BCUT2D eigenvalue weighted by Crippen LogP contribution is -1.93. The van der Waals surface area contributed by atoms with E-state index in [-0.39, 0.29) is 5.69 Å². The highest BCUT2D eigenvalue weighted by Gasteiger charge is 2.18. The lowest BCUT2D eigenvalue weighted by Gasteiger charge is -2.05. The molecule has 1 rings (SSSR count). The van der Waals surface area contributed by atoms with Gasteiger partial charge in [0.05, 0.1) is 16.5 Å². The lowest BCUT2D eigenvalue weighted by atomic mass is 10.3. The molecule has 0 saturated carbocycles. The van der Waals surface area contributed by atoms with E-state index in [1.54, 1.807) is 6.07 Å². The van der Waals surface area contributed by atoms with Crippen molar-refractivity contribution >= 4 is 37.5 Å². The van der Waals surface area contributed by atoms with Crippen molar-refractivity contribution in [2.75, 3.05) is 7.11 Å². The summed E-state index contributed by atoms with van der Waals surface area (Å²) in [6, 6.07) is 2.97. The van der Waals surface area contributed by atoms with Gasteiger partial charge in [-0.05, 0) is 37.9 Å². The van der Waals surface area contributed by atoms with Crippen molar-refractivity contribution in [2.45, 2.75) is 0 Å². The molecule has 0 heterocycles. The minimum atomic E-state index is -0.473. The highest BCUT2D eigenvalue weighted by atomic mass is 79.9. The van der Waals surface area contributed by atoms with E-state index in [0.717, 1.165) is 0 Å². The van der Waals surface area contributed by atoms with E-state index in [9.17, 15) is 10.1 Å². The number of benzene rings is 1. The number of hydrogen-bond acceptors (Lipinski definition) is 3. The van der Waals surface area contributed by atoms with Gasteiger partial charge in [0.25, 0.3) is 5.69 Å². The van der Waals surface area contributed by atoms with Crippen LogP contribution in [-0.4, -0.2) is 12.0 Å². The summed E-state index contributed by atoms with van der Waals surface area (Å²) in [7, 11) is 1.45. The molecule has 0 aliphatic heterocycles. The summed E-state index contributed by atoms with van der Waals surface area (Å²) in [5.74, 6) is 0.425. The smallest absolute Gasteiger partial charge is 0.287 e. The minimum absolute atomic E-state index is 0.0138. The van der Waals surface area contributed by atoms with E-state index in [1.807, 2.05) is 0 Å². The van der Waals surface area contributed by atoms with Gasteiger partial charge in [0.15, 0.2) is 5.75 Å². The third kappa shape index (κ3) is 2.00. The molecule has 0 radical (unpaired) electrons. The van der Waals surface area contributed by atoms with E-state index in [0.29, 0.717) is 14.7 Å². The van der Waals surface area contributed by atoms with E-state index in [1.165, 1.54) is 13.2 Å². The Morgan fingerprint density at radius 3 is 2.54 bits per heavy atom. The third-order valence-electron chi connectivity index (χ3n) is 1.43. The average molecular weight is 311 g/mol. The van der Waals surface area contributed by atoms with Crippen LogP contribution >= 0.6 is 31.9 Å². The molecule has 0 unspecified atom stereocenters. The number of ether oxygens (including phenoxy) is 1. The fraction of sp³-hybridized carbons (Fsp3) is 0.143. The maximum Gasteiger partial charge on any atom is 0.287 e. The van der Waals surface area contributed by atoms with Crippen LogP contribution in [0.3, 0.4) is 0 Å².